The second-order valence-corrected chi connectivity index (χ2v) is 5.77. The van der Waals surface area contributed by atoms with Crippen molar-refractivity contribution in [2.45, 2.75) is 25.2 Å². The van der Waals surface area contributed by atoms with Crippen molar-refractivity contribution in [3.8, 4) is 5.75 Å². The highest BCUT2D eigenvalue weighted by Crippen LogP contribution is 2.24. The highest BCUT2D eigenvalue weighted by atomic mass is 19.4. The summed E-state index contributed by atoms with van der Waals surface area (Å²) in [6.45, 7) is 5.17. The Labute approximate surface area is 133 Å². The third-order valence-corrected chi connectivity index (χ3v) is 4.30. The van der Waals surface area contributed by atoms with Gasteiger partial charge in [-0.25, -0.2) is 4.98 Å². The molecule has 0 spiro atoms. The number of aromatic nitrogens is 1. The van der Waals surface area contributed by atoms with Gasteiger partial charge in [-0.15, -0.1) is 13.2 Å². The van der Waals surface area contributed by atoms with Crippen LogP contribution in [0.5, 0.6) is 5.75 Å². The molecule has 23 heavy (non-hydrogen) atoms. The lowest BCUT2D eigenvalue weighted by Crippen LogP contribution is -2.51. The summed E-state index contributed by atoms with van der Waals surface area (Å²) >= 11 is 0. The first kappa shape index (κ1) is 16.3. The Morgan fingerprint density at radius 2 is 1.78 bits per heavy atom. The van der Waals surface area contributed by atoms with Gasteiger partial charge < -0.3 is 14.4 Å². The molecule has 0 bridgehead atoms. The third-order valence-electron chi connectivity index (χ3n) is 4.30. The molecule has 5 nitrogen and oxygen atoms in total. The average Bonchev–Trinajstić information content (AvgIpc) is 2.55. The molecule has 0 aromatic carbocycles. The maximum Gasteiger partial charge on any atom is 0.573 e. The Balaban J connectivity index is 1.53. The Morgan fingerprint density at radius 3 is 2.35 bits per heavy atom. The molecular formula is C15H20F3N3O2. The Kier molecular flexibility index (Phi) is 4.91. The first-order chi connectivity index (χ1) is 11.0. The molecule has 0 saturated carbocycles. The first-order valence-corrected chi connectivity index (χ1v) is 7.80. The number of anilines is 1. The maximum absolute atomic E-state index is 12.1. The van der Waals surface area contributed by atoms with E-state index in [9.17, 15) is 13.2 Å². The van der Waals surface area contributed by atoms with Crippen LogP contribution in [0.3, 0.4) is 0 Å². The second-order valence-electron chi connectivity index (χ2n) is 5.77. The zero-order valence-electron chi connectivity index (χ0n) is 12.8. The van der Waals surface area contributed by atoms with Crippen LogP contribution in [-0.4, -0.2) is 61.7 Å². The van der Waals surface area contributed by atoms with E-state index in [1.807, 2.05) is 0 Å². The number of alkyl halides is 3. The Morgan fingerprint density at radius 1 is 1.09 bits per heavy atom. The monoisotopic (exact) mass is 331 g/mol. The Hall–Kier alpha value is -1.54. The summed E-state index contributed by atoms with van der Waals surface area (Å²) in [4.78, 5) is 8.65. The van der Waals surface area contributed by atoms with Gasteiger partial charge >= 0.3 is 6.36 Å². The molecule has 1 aromatic rings. The molecule has 0 aliphatic carbocycles. The number of piperazine rings is 1. The van der Waals surface area contributed by atoms with E-state index in [-0.39, 0.29) is 5.75 Å². The summed E-state index contributed by atoms with van der Waals surface area (Å²) < 4.78 is 45.7. The standard InChI is InChI=1S/C15H20F3N3O2/c16-15(17,18)23-13-1-2-14(19-11-13)21-7-5-20(6-8-21)12-3-9-22-10-4-12/h1-2,11-12H,3-10H2. The molecule has 0 unspecified atom stereocenters. The van der Waals surface area contributed by atoms with Crippen molar-refractivity contribution >= 4 is 5.82 Å². The summed E-state index contributed by atoms with van der Waals surface area (Å²) in [7, 11) is 0. The fourth-order valence-corrected chi connectivity index (χ4v) is 3.12. The van der Waals surface area contributed by atoms with Crippen molar-refractivity contribution in [3.63, 3.8) is 0 Å². The minimum atomic E-state index is -4.68. The van der Waals surface area contributed by atoms with E-state index >= 15 is 0 Å². The van der Waals surface area contributed by atoms with Gasteiger partial charge in [0.25, 0.3) is 0 Å². The van der Waals surface area contributed by atoms with Gasteiger partial charge in [-0.2, -0.15) is 0 Å². The zero-order chi connectivity index (χ0) is 16.3. The summed E-state index contributed by atoms with van der Waals surface area (Å²) in [6, 6.07) is 3.47. The lowest BCUT2D eigenvalue weighted by molar-refractivity contribution is -0.274. The number of halogens is 3. The average molecular weight is 331 g/mol. The summed E-state index contributed by atoms with van der Waals surface area (Å²) in [5.41, 5.74) is 0. The van der Waals surface area contributed by atoms with Crippen LogP contribution in [0, 0.1) is 0 Å². The van der Waals surface area contributed by atoms with Crippen LogP contribution >= 0.6 is 0 Å². The quantitative estimate of drug-likeness (QED) is 0.850. The van der Waals surface area contributed by atoms with Crippen molar-refractivity contribution in [3.05, 3.63) is 18.3 Å². The van der Waals surface area contributed by atoms with Crippen molar-refractivity contribution in [1.29, 1.82) is 0 Å². The molecule has 0 amide bonds. The van der Waals surface area contributed by atoms with E-state index in [0.29, 0.717) is 11.9 Å². The molecule has 128 valence electrons. The lowest BCUT2D eigenvalue weighted by atomic mass is 10.1. The number of nitrogens with zero attached hydrogens (tertiary/aromatic N) is 3. The number of pyridine rings is 1. The number of hydrogen-bond acceptors (Lipinski definition) is 5. The van der Waals surface area contributed by atoms with Crippen LogP contribution in [0.1, 0.15) is 12.8 Å². The van der Waals surface area contributed by atoms with Crippen molar-refractivity contribution in [2.75, 3.05) is 44.3 Å². The summed E-state index contributed by atoms with van der Waals surface area (Å²) in [5, 5.41) is 0. The molecule has 1 aromatic heterocycles. The fourth-order valence-electron chi connectivity index (χ4n) is 3.12. The number of hydrogen-bond donors (Lipinski definition) is 0. The van der Waals surface area contributed by atoms with E-state index in [1.54, 1.807) is 6.07 Å². The zero-order valence-corrected chi connectivity index (χ0v) is 12.8. The molecule has 8 heteroatoms. The maximum atomic E-state index is 12.1. The van der Waals surface area contributed by atoms with Crippen molar-refractivity contribution in [2.24, 2.45) is 0 Å². The SMILES string of the molecule is FC(F)(F)Oc1ccc(N2CCN(C3CCOCC3)CC2)nc1. The Bertz CT molecular complexity index is 496. The highest BCUT2D eigenvalue weighted by Gasteiger charge is 2.31. The molecule has 0 N–H and O–H groups in total. The van der Waals surface area contributed by atoms with E-state index < -0.39 is 6.36 Å². The molecule has 2 fully saturated rings. The normalized spacial score (nSPS) is 21.4. The predicted octanol–water partition coefficient (Wildman–Crippen LogP) is 2.28. The number of ether oxygens (including phenoxy) is 2. The molecule has 3 rings (SSSR count). The first-order valence-electron chi connectivity index (χ1n) is 7.80. The molecule has 2 aliphatic heterocycles. The van der Waals surface area contributed by atoms with Crippen LogP contribution in [0.2, 0.25) is 0 Å². The van der Waals surface area contributed by atoms with Gasteiger partial charge in [0.2, 0.25) is 0 Å². The van der Waals surface area contributed by atoms with Gasteiger partial charge in [0, 0.05) is 45.4 Å². The smallest absolute Gasteiger partial charge is 0.404 e. The largest absolute Gasteiger partial charge is 0.573 e. The van der Waals surface area contributed by atoms with Gasteiger partial charge in [0.15, 0.2) is 0 Å². The third kappa shape index (κ3) is 4.48. The van der Waals surface area contributed by atoms with Crippen LogP contribution in [0.4, 0.5) is 19.0 Å². The highest BCUT2D eigenvalue weighted by molar-refractivity contribution is 5.41. The minimum Gasteiger partial charge on any atom is -0.404 e. The fraction of sp³-hybridized carbons (Fsp3) is 0.667. The van der Waals surface area contributed by atoms with Gasteiger partial charge in [0.05, 0.1) is 6.20 Å². The summed E-state index contributed by atoms with van der Waals surface area (Å²) in [5.74, 6) is 0.397. The minimum absolute atomic E-state index is 0.290. The topological polar surface area (TPSA) is 37.8 Å². The van der Waals surface area contributed by atoms with Gasteiger partial charge in [0.1, 0.15) is 11.6 Å². The van der Waals surface area contributed by atoms with Crippen molar-refractivity contribution < 1.29 is 22.6 Å². The van der Waals surface area contributed by atoms with E-state index in [0.717, 1.165) is 58.4 Å². The molecular weight excluding hydrogens is 311 g/mol. The predicted molar refractivity (Wildman–Crippen MR) is 78.5 cm³/mol. The molecule has 2 aliphatic rings. The van der Waals surface area contributed by atoms with Crippen LogP contribution in [-0.2, 0) is 4.74 Å². The van der Waals surface area contributed by atoms with Crippen LogP contribution in [0.15, 0.2) is 18.3 Å². The lowest BCUT2D eigenvalue weighted by Gasteiger charge is -2.41. The van der Waals surface area contributed by atoms with E-state index in [4.69, 9.17) is 4.74 Å². The van der Waals surface area contributed by atoms with Crippen LogP contribution in [0.25, 0.3) is 0 Å². The van der Waals surface area contributed by atoms with Crippen molar-refractivity contribution in [1.82, 2.24) is 9.88 Å². The molecule has 3 heterocycles. The van der Waals surface area contributed by atoms with E-state index in [2.05, 4.69) is 19.5 Å². The second kappa shape index (κ2) is 6.92. The van der Waals surface area contributed by atoms with Gasteiger partial charge in [-0.3, -0.25) is 4.90 Å². The van der Waals surface area contributed by atoms with E-state index in [1.165, 1.54) is 6.07 Å². The molecule has 0 radical (unpaired) electrons. The molecule has 0 atom stereocenters. The van der Waals surface area contributed by atoms with Crippen LogP contribution < -0.4 is 9.64 Å². The number of rotatable bonds is 3. The summed E-state index contributed by atoms with van der Waals surface area (Å²) in [6.07, 6.45) is -1.42. The van der Waals surface area contributed by atoms with Gasteiger partial charge in [-0.1, -0.05) is 0 Å². The molecule has 2 saturated heterocycles. The van der Waals surface area contributed by atoms with Gasteiger partial charge in [-0.05, 0) is 25.0 Å².